The van der Waals surface area contributed by atoms with Crippen LogP contribution in [0, 0.1) is 5.82 Å². The number of hydrogen-bond acceptors (Lipinski definition) is 6. The molecule has 10 heteroatoms. The predicted molar refractivity (Wildman–Crippen MR) is 149 cm³/mol. The zero-order valence-electron chi connectivity index (χ0n) is 23.5. The Morgan fingerprint density at radius 1 is 1.23 bits per heavy atom. The van der Waals surface area contributed by atoms with Crippen LogP contribution in [0.25, 0.3) is 16.6 Å². The molecular weight excluding hydrogens is 535 g/mol. The summed E-state index contributed by atoms with van der Waals surface area (Å²) in [5, 5.41) is 9.65. The molecule has 0 amide bonds. The standard InChI is InChI=1S/C30H28ClFN4O4/c31-22-6-4-21(24(32)15-22)18-40-29-3-1-2-25(34-29)19-8-11-35(12-9-19)17-28-33-26-7-5-20(30(37)38)14-27(26)36(28)16-23-10-13-39-23/h1-8,14-15,23H,9-13,16-18H2,(H,37,38)/t23-/m0/s1/i18D2. The molecule has 1 N–H and O–H groups in total. The Morgan fingerprint density at radius 3 is 2.83 bits per heavy atom. The fourth-order valence-corrected chi connectivity index (χ4v) is 5.04. The minimum Gasteiger partial charge on any atom is -0.478 e. The molecular formula is C30H28ClFN4O4. The lowest BCUT2D eigenvalue weighted by molar-refractivity contribution is -0.0591. The van der Waals surface area contributed by atoms with Gasteiger partial charge >= 0.3 is 5.97 Å². The Hall–Kier alpha value is -3.79. The molecule has 2 aliphatic heterocycles. The van der Waals surface area contributed by atoms with Crippen molar-refractivity contribution in [3.8, 4) is 5.88 Å². The first-order valence-electron chi connectivity index (χ1n) is 14.0. The number of carboxylic acid groups (broad SMARTS) is 1. The van der Waals surface area contributed by atoms with Gasteiger partial charge in [0, 0.05) is 36.3 Å². The van der Waals surface area contributed by atoms with Gasteiger partial charge in [-0.05, 0) is 54.8 Å². The van der Waals surface area contributed by atoms with E-state index in [2.05, 4.69) is 20.5 Å². The molecule has 1 atom stereocenters. The maximum absolute atomic E-state index is 14.4. The topological polar surface area (TPSA) is 89.7 Å². The van der Waals surface area contributed by atoms with Gasteiger partial charge in [-0.15, -0.1) is 0 Å². The van der Waals surface area contributed by atoms with Crippen LogP contribution in [0.1, 0.15) is 43.0 Å². The number of nitrogens with zero attached hydrogens (tertiary/aromatic N) is 4. The molecule has 0 spiro atoms. The average molecular weight is 565 g/mol. The van der Waals surface area contributed by atoms with Crippen LogP contribution in [0.5, 0.6) is 5.88 Å². The maximum atomic E-state index is 14.4. The number of imidazole rings is 1. The van der Waals surface area contributed by atoms with Crippen molar-refractivity contribution >= 4 is 34.2 Å². The Balaban J connectivity index is 1.17. The number of aromatic nitrogens is 3. The minimum absolute atomic E-state index is 0.0443. The largest absolute Gasteiger partial charge is 0.478 e. The molecule has 4 heterocycles. The smallest absolute Gasteiger partial charge is 0.335 e. The zero-order chi connectivity index (χ0) is 29.4. The van der Waals surface area contributed by atoms with Crippen molar-refractivity contribution < 1.29 is 26.5 Å². The van der Waals surface area contributed by atoms with Crippen LogP contribution < -0.4 is 4.74 Å². The lowest BCUT2D eigenvalue weighted by atomic mass is 10.0. The van der Waals surface area contributed by atoms with E-state index < -0.39 is 18.3 Å². The molecule has 8 nitrogen and oxygen atoms in total. The SMILES string of the molecule is [2H]C([2H])(Oc1cccc(C2=CCN(Cc3nc4ccc(C(=O)O)cc4n3C[C@@H]3CCO3)CC2)n1)c1ccc(Cl)cc1F. The third kappa shape index (κ3) is 5.72. The van der Waals surface area contributed by atoms with Gasteiger partial charge in [-0.3, -0.25) is 4.90 Å². The normalized spacial score (nSPS) is 18.6. The summed E-state index contributed by atoms with van der Waals surface area (Å²) in [5.74, 6) is -0.876. The molecule has 0 unspecified atom stereocenters. The van der Waals surface area contributed by atoms with E-state index in [4.69, 9.17) is 28.8 Å². The summed E-state index contributed by atoms with van der Waals surface area (Å²) in [6.45, 7) is 0.862. The summed E-state index contributed by atoms with van der Waals surface area (Å²) in [6.07, 6.45) is 3.82. The fourth-order valence-electron chi connectivity index (χ4n) is 4.88. The fraction of sp³-hybridized carbons (Fsp3) is 0.300. The van der Waals surface area contributed by atoms with E-state index in [1.54, 1.807) is 24.3 Å². The lowest BCUT2D eigenvalue weighted by Gasteiger charge is -2.29. The number of pyridine rings is 1. The second-order valence-corrected chi connectivity index (χ2v) is 10.3. The van der Waals surface area contributed by atoms with Crippen LogP contribution in [0.3, 0.4) is 0 Å². The van der Waals surface area contributed by atoms with Crippen LogP contribution in [0.15, 0.2) is 60.7 Å². The Bertz CT molecular complexity index is 1690. The van der Waals surface area contributed by atoms with Gasteiger partial charge in [0.2, 0.25) is 5.88 Å². The summed E-state index contributed by atoms with van der Waals surface area (Å²) in [7, 11) is 0. The maximum Gasteiger partial charge on any atom is 0.335 e. The first-order valence-corrected chi connectivity index (χ1v) is 13.4. The second kappa shape index (κ2) is 11.4. The van der Waals surface area contributed by atoms with Crippen LogP contribution >= 0.6 is 11.6 Å². The predicted octanol–water partition coefficient (Wildman–Crippen LogP) is 5.58. The molecule has 0 bridgehead atoms. The molecule has 6 rings (SSSR count). The lowest BCUT2D eigenvalue weighted by Crippen LogP contribution is -2.33. The van der Waals surface area contributed by atoms with Gasteiger partial charge in [-0.1, -0.05) is 29.8 Å². The molecule has 2 aliphatic rings. The van der Waals surface area contributed by atoms with Crippen molar-refractivity contribution in [2.24, 2.45) is 0 Å². The molecule has 206 valence electrons. The first kappa shape index (κ1) is 24.0. The van der Waals surface area contributed by atoms with E-state index in [1.165, 1.54) is 18.2 Å². The summed E-state index contributed by atoms with van der Waals surface area (Å²) in [6, 6.07) is 13.8. The highest BCUT2D eigenvalue weighted by Crippen LogP contribution is 2.27. The third-order valence-corrected chi connectivity index (χ3v) is 7.40. The molecule has 40 heavy (non-hydrogen) atoms. The molecule has 0 saturated carbocycles. The number of ether oxygens (including phenoxy) is 2. The molecule has 0 radical (unpaired) electrons. The van der Waals surface area contributed by atoms with E-state index in [0.717, 1.165) is 48.1 Å². The van der Waals surface area contributed by atoms with Crippen LogP contribution in [0.2, 0.25) is 5.02 Å². The monoisotopic (exact) mass is 564 g/mol. The van der Waals surface area contributed by atoms with E-state index in [-0.39, 0.29) is 28.1 Å². The summed E-state index contributed by atoms with van der Waals surface area (Å²) in [4.78, 5) is 23.2. The van der Waals surface area contributed by atoms with Gasteiger partial charge in [0.25, 0.3) is 0 Å². The molecule has 0 aliphatic carbocycles. The van der Waals surface area contributed by atoms with Crippen LogP contribution in [0.4, 0.5) is 4.39 Å². The first-order chi connectivity index (χ1) is 20.2. The van der Waals surface area contributed by atoms with E-state index >= 15 is 0 Å². The summed E-state index contributed by atoms with van der Waals surface area (Å²) >= 11 is 5.81. The van der Waals surface area contributed by atoms with Crippen LogP contribution in [-0.4, -0.2) is 56.3 Å². The number of halogens is 2. The Morgan fingerprint density at radius 2 is 2.10 bits per heavy atom. The van der Waals surface area contributed by atoms with Gasteiger partial charge in [-0.25, -0.2) is 19.2 Å². The number of rotatable bonds is 9. The minimum atomic E-state index is -2.45. The third-order valence-electron chi connectivity index (χ3n) is 7.16. The highest BCUT2D eigenvalue weighted by Gasteiger charge is 2.24. The molecule has 4 aromatic rings. The molecule has 1 fully saturated rings. The molecule has 2 aromatic heterocycles. The van der Waals surface area contributed by atoms with Gasteiger partial charge < -0.3 is 19.1 Å². The average Bonchev–Trinajstić information content (AvgIpc) is 3.26. The van der Waals surface area contributed by atoms with Gasteiger partial charge in [-0.2, -0.15) is 0 Å². The molecule has 2 aromatic carbocycles. The van der Waals surface area contributed by atoms with E-state index in [1.807, 2.05) is 6.07 Å². The van der Waals surface area contributed by atoms with E-state index in [0.29, 0.717) is 31.7 Å². The van der Waals surface area contributed by atoms with Crippen molar-refractivity contribution in [3.05, 3.63) is 94.2 Å². The number of carboxylic acids is 1. The van der Waals surface area contributed by atoms with Gasteiger partial charge in [0.15, 0.2) is 0 Å². The van der Waals surface area contributed by atoms with E-state index in [9.17, 15) is 14.3 Å². The van der Waals surface area contributed by atoms with Crippen molar-refractivity contribution in [1.29, 1.82) is 0 Å². The number of fused-ring (bicyclic) bond motifs is 1. The summed E-state index contributed by atoms with van der Waals surface area (Å²) in [5.41, 5.74) is 3.16. The number of benzene rings is 2. The number of aromatic carboxylic acids is 1. The number of carbonyl (C=O) groups is 1. The molecule has 1 saturated heterocycles. The van der Waals surface area contributed by atoms with Crippen molar-refractivity contribution in [3.63, 3.8) is 0 Å². The second-order valence-electron chi connectivity index (χ2n) is 9.83. The summed E-state index contributed by atoms with van der Waals surface area (Å²) < 4.78 is 44.1. The van der Waals surface area contributed by atoms with Crippen molar-refractivity contribution in [1.82, 2.24) is 19.4 Å². The van der Waals surface area contributed by atoms with Crippen molar-refractivity contribution in [2.45, 2.75) is 38.6 Å². The number of hydrogen-bond donors (Lipinski definition) is 1. The Kier molecular flexibility index (Phi) is 6.83. The van der Waals surface area contributed by atoms with Crippen LogP contribution in [-0.2, 0) is 24.4 Å². The zero-order valence-corrected chi connectivity index (χ0v) is 22.3. The van der Waals surface area contributed by atoms with Gasteiger partial charge in [0.1, 0.15) is 18.2 Å². The Labute approximate surface area is 238 Å². The van der Waals surface area contributed by atoms with Gasteiger partial charge in [0.05, 0.1) is 44.2 Å². The highest BCUT2D eigenvalue weighted by molar-refractivity contribution is 6.30. The quantitative estimate of drug-likeness (QED) is 0.284. The van der Waals surface area contributed by atoms with Crippen molar-refractivity contribution in [2.75, 3.05) is 19.7 Å². The highest BCUT2D eigenvalue weighted by atomic mass is 35.5.